The molecule has 5 heteroatoms. The summed E-state index contributed by atoms with van der Waals surface area (Å²) in [5.41, 5.74) is -0.115. The summed E-state index contributed by atoms with van der Waals surface area (Å²) in [5, 5.41) is 0. The van der Waals surface area contributed by atoms with Gasteiger partial charge in [0, 0.05) is 12.0 Å². The van der Waals surface area contributed by atoms with E-state index in [4.69, 9.17) is 9.47 Å². The van der Waals surface area contributed by atoms with Crippen LogP contribution in [0.5, 0.6) is 11.5 Å². The molecule has 0 heterocycles. The highest BCUT2D eigenvalue weighted by Gasteiger charge is 2.33. The fourth-order valence-electron chi connectivity index (χ4n) is 1.95. The Bertz CT molecular complexity index is 469. The van der Waals surface area contributed by atoms with E-state index in [0.717, 1.165) is 0 Å². The second-order valence-electron chi connectivity index (χ2n) is 3.47. The molecule has 0 bridgehead atoms. The van der Waals surface area contributed by atoms with Crippen molar-refractivity contribution in [2.75, 3.05) is 14.2 Å². The Morgan fingerprint density at radius 3 is 2.12 bits per heavy atom. The Hall–Kier alpha value is -1.65. The largest absolute Gasteiger partial charge is 0.490 e. The number of hydrogen-bond donors (Lipinski definition) is 0. The van der Waals surface area contributed by atoms with Gasteiger partial charge in [0.05, 0.1) is 19.8 Å². The minimum absolute atomic E-state index is 0.0835. The molecule has 0 atom stereocenters. The first-order chi connectivity index (χ1) is 7.61. The van der Waals surface area contributed by atoms with Gasteiger partial charge in [0.15, 0.2) is 23.2 Å². The lowest BCUT2D eigenvalue weighted by Crippen LogP contribution is -2.05. The molecule has 0 spiro atoms. The van der Waals surface area contributed by atoms with Crippen molar-refractivity contribution in [3.05, 3.63) is 22.8 Å². The van der Waals surface area contributed by atoms with E-state index in [1.54, 1.807) is 0 Å². The molecule has 0 radical (unpaired) electrons. The van der Waals surface area contributed by atoms with Crippen LogP contribution in [0.15, 0.2) is 0 Å². The molecule has 16 heavy (non-hydrogen) atoms. The SMILES string of the molecule is COc1c(F)c2c(c(F)c1OC)C(=O)CC2. The van der Waals surface area contributed by atoms with Gasteiger partial charge in [-0.1, -0.05) is 0 Å². The molecule has 0 N–H and O–H groups in total. The number of ketones is 1. The Labute approximate surface area is 91.0 Å². The molecular formula is C11H10F2O3. The Morgan fingerprint density at radius 1 is 1.00 bits per heavy atom. The van der Waals surface area contributed by atoms with E-state index in [1.807, 2.05) is 0 Å². The van der Waals surface area contributed by atoms with Crippen LogP contribution in [0.2, 0.25) is 0 Å². The first kappa shape index (κ1) is 10.9. The summed E-state index contributed by atoms with van der Waals surface area (Å²) in [4.78, 5) is 11.4. The Balaban J connectivity index is 2.79. The van der Waals surface area contributed by atoms with Crippen LogP contribution in [-0.4, -0.2) is 20.0 Å². The monoisotopic (exact) mass is 228 g/mol. The first-order valence-corrected chi connectivity index (χ1v) is 4.76. The number of halogens is 2. The number of rotatable bonds is 2. The van der Waals surface area contributed by atoms with E-state index in [1.165, 1.54) is 14.2 Å². The summed E-state index contributed by atoms with van der Waals surface area (Å²) in [6.45, 7) is 0. The summed E-state index contributed by atoms with van der Waals surface area (Å²) in [5.74, 6) is -2.57. The van der Waals surface area contributed by atoms with Gasteiger partial charge in [0.25, 0.3) is 0 Å². The van der Waals surface area contributed by atoms with E-state index in [2.05, 4.69) is 0 Å². The molecule has 0 aromatic heterocycles. The maximum atomic E-state index is 13.9. The highest BCUT2D eigenvalue weighted by molar-refractivity contribution is 6.01. The lowest BCUT2D eigenvalue weighted by molar-refractivity contribution is 0.0990. The van der Waals surface area contributed by atoms with Crippen LogP contribution in [0.3, 0.4) is 0 Å². The van der Waals surface area contributed by atoms with E-state index >= 15 is 0 Å². The van der Waals surface area contributed by atoms with Crippen LogP contribution in [0.4, 0.5) is 8.78 Å². The van der Waals surface area contributed by atoms with Crippen molar-refractivity contribution in [3.8, 4) is 11.5 Å². The van der Waals surface area contributed by atoms with Crippen LogP contribution < -0.4 is 9.47 Å². The number of methoxy groups -OCH3 is 2. The molecule has 1 aromatic rings. The molecule has 2 rings (SSSR count). The highest BCUT2D eigenvalue weighted by Crippen LogP contribution is 2.41. The minimum atomic E-state index is -0.835. The van der Waals surface area contributed by atoms with Crippen molar-refractivity contribution in [2.24, 2.45) is 0 Å². The third-order valence-corrected chi connectivity index (χ3v) is 2.68. The van der Waals surface area contributed by atoms with Gasteiger partial charge in [-0.25, -0.2) is 8.78 Å². The molecule has 0 saturated carbocycles. The first-order valence-electron chi connectivity index (χ1n) is 4.76. The number of carbonyl (C=O) groups excluding carboxylic acids is 1. The van der Waals surface area contributed by atoms with Crippen molar-refractivity contribution in [2.45, 2.75) is 12.8 Å². The molecule has 86 valence electrons. The second kappa shape index (κ2) is 3.73. The molecule has 0 unspecified atom stereocenters. The summed E-state index contributed by atoms with van der Waals surface area (Å²) >= 11 is 0. The van der Waals surface area contributed by atoms with Crippen molar-refractivity contribution < 1.29 is 23.0 Å². The van der Waals surface area contributed by atoms with Crippen LogP contribution in [0.1, 0.15) is 22.3 Å². The van der Waals surface area contributed by atoms with Crippen molar-refractivity contribution in [3.63, 3.8) is 0 Å². The molecular weight excluding hydrogens is 218 g/mol. The quantitative estimate of drug-likeness (QED) is 0.777. The topological polar surface area (TPSA) is 35.5 Å². The molecule has 0 aliphatic heterocycles. The molecule has 1 aromatic carbocycles. The van der Waals surface area contributed by atoms with Crippen molar-refractivity contribution in [1.29, 1.82) is 0 Å². The molecule has 1 aliphatic carbocycles. The molecule has 0 saturated heterocycles. The van der Waals surface area contributed by atoms with E-state index in [0.29, 0.717) is 0 Å². The van der Waals surface area contributed by atoms with Gasteiger partial charge in [-0.2, -0.15) is 0 Å². The fourth-order valence-corrected chi connectivity index (χ4v) is 1.95. The zero-order chi connectivity index (χ0) is 11.9. The third-order valence-electron chi connectivity index (χ3n) is 2.68. The number of carbonyl (C=O) groups is 1. The fraction of sp³-hybridized carbons (Fsp3) is 0.364. The maximum absolute atomic E-state index is 13.9. The van der Waals surface area contributed by atoms with Gasteiger partial charge in [0.2, 0.25) is 5.75 Å². The van der Waals surface area contributed by atoms with Crippen LogP contribution in [0.25, 0.3) is 0 Å². The van der Waals surface area contributed by atoms with Crippen LogP contribution in [-0.2, 0) is 6.42 Å². The van der Waals surface area contributed by atoms with Gasteiger partial charge in [-0.05, 0) is 6.42 Å². The summed E-state index contributed by atoms with van der Waals surface area (Å²) in [6.07, 6.45) is 0.330. The van der Waals surface area contributed by atoms with E-state index < -0.39 is 17.4 Å². The zero-order valence-corrected chi connectivity index (χ0v) is 8.89. The van der Waals surface area contributed by atoms with Crippen LogP contribution >= 0.6 is 0 Å². The number of benzene rings is 1. The lowest BCUT2D eigenvalue weighted by atomic mass is 10.1. The number of ether oxygens (including phenoxy) is 2. The number of hydrogen-bond acceptors (Lipinski definition) is 3. The van der Waals surface area contributed by atoms with Gasteiger partial charge in [-0.3, -0.25) is 4.79 Å². The maximum Gasteiger partial charge on any atom is 0.200 e. The second-order valence-corrected chi connectivity index (χ2v) is 3.47. The van der Waals surface area contributed by atoms with Gasteiger partial charge in [-0.15, -0.1) is 0 Å². The van der Waals surface area contributed by atoms with E-state index in [-0.39, 0.29) is 35.5 Å². The zero-order valence-electron chi connectivity index (χ0n) is 8.89. The average Bonchev–Trinajstić information content (AvgIpc) is 2.65. The van der Waals surface area contributed by atoms with Crippen molar-refractivity contribution in [1.82, 2.24) is 0 Å². The predicted octanol–water partition coefficient (Wildman–Crippen LogP) is 2.11. The molecule has 1 aliphatic rings. The lowest BCUT2D eigenvalue weighted by Gasteiger charge is -2.12. The molecule has 3 nitrogen and oxygen atoms in total. The van der Waals surface area contributed by atoms with E-state index in [9.17, 15) is 13.6 Å². The standard InChI is InChI=1S/C11H10F2O3/c1-15-10-8(12)5-3-4-6(14)7(5)9(13)11(10)16-2/h3-4H2,1-2H3. The minimum Gasteiger partial charge on any atom is -0.490 e. The smallest absolute Gasteiger partial charge is 0.200 e. The van der Waals surface area contributed by atoms with Gasteiger partial charge in [0.1, 0.15) is 0 Å². The summed E-state index contributed by atoms with van der Waals surface area (Å²) < 4.78 is 37.2. The predicted molar refractivity (Wildman–Crippen MR) is 52.1 cm³/mol. The van der Waals surface area contributed by atoms with Gasteiger partial charge < -0.3 is 9.47 Å². The molecule has 0 fully saturated rings. The number of Topliss-reactive ketones (excluding diaryl/α,β-unsaturated/α-hetero) is 1. The normalized spacial score (nSPS) is 13.9. The Kier molecular flexibility index (Phi) is 2.53. The third kappa shape index (κ3) is 1.27. The number of fused-ring (bicyclic) bond motifs is 1. The average molecular weight is 228 g/mol. The Morgan fingerprint density at radius 2 is 1.56 bits per heavy atom. The van der Waals surface area contributed by atoms with Crippen molar-refractivity contribution >= 4 is 5.78 Å². The summed E-state index contributed by atoms with van der Waals surface area (Å²) in [7, 11) is 2.43. The van der Waals surface area contributed by atoms with Gasteiger partial charge >= 0.3 is 0 Å². The highest BCUT2D eigenvalue weighted by atomic mass is 19.1. The molecule has 0 amide bonds. The summed E-state index contributed by atoms with van der Waals surface area (Å²) in [6, 6.07) is 0. The van der Waals surface area contributed by atoms with Crippen LogP contribution in [0, 0.1) is 11.6 Å².